The van der Waals surface area contributed by atoms with E-state index in [1.807, 2.05) is 0 Å². The molecule has 1 atom stereocenters. The first-order valence-electron chi connectivity index (χ1n) is 6.05. The number of carboxylic acid groups (broad SMARTS) is 1. The zero-order valence-electron chi connectivity index (χ0n) is 11.5. The van der Waals surface area contributed by atoms with E-state index in [4.69, 9.17) is 5.11 Å². The Hall–Kier alpha value is -2.29. The smallest absolute Gasteiger partial charge is 0.422 e. The fourth-order valence-electron chi connectivity index (χ4n) is 1.30. The number of carbonyl (C=O) groups excluding carboxylic acids is 1. The summed E-state index contributed by atoms with van der Waals surface area (Å²) in [6.45, 7) is -0.947. The van der Waals surface area contributed by atoms with E-state index in [0.29, 0.717) is 0 Å². The van der Waals surface area contributed by atoms with Crippen molar-refractivity contribution in [3.63, 3.8) is 0 Å². The van der Waals surface area contributed by atoms with Crippen molar-refractivity contribution in [3.05, 3.63) is 29.8 Å². The summed E-state index contributed by atoms with van der Waals surface area (Å²) in [7, 11) is 0. The molecule has 0 fully saturated rings. The summed E-state index contributed by atoms with van der Waals surface area (Å²) in [5.41, 5.74) is -2.04. The predicted octanol–water partition coefficient (Wildman–Crippen LogP) is 1.19. The average Bonchev–Trinajstić information content (AvgIpc) is 2.42. The zero-order valence-corrected chi connectivity index (χ0v) is 11.5. The van der Waals surface area contributed by atoms with Crippen LogP contribution < -0.4 is 10.1 Å². The zero-order chi connectivity index (χ0) is 17.0. The van der Waals surface area contributed by atoms with Gasteiger partial charge in [-0.15, -0.1) is 0 Å². The number of carboxylic acids is 1. The van der Waals surface area contributed by atoms with Crippen LogP contribution in [0.15, 0.2) is 24.3 Å². The number of rotatable bonds is 6. The molecule has 1 aromatic rings. The van der Waals surface area contributed by atoms with Gasteiger partial charge < -0.3 is 20.3 Å². The second-order valence-corrected chi connectivity index (χ2v) is 4.69. The van der Waals surface area contributed by atoms with Crippen LogP contribution in [-0.4, -0.2) is 47.0 Å². The van der Waals surface area contributed by atoms with Gasteiger partial charge in [0, 0.05) is 5.56 Å². The highest BCUT2D eigenvalue weighted by Crippen LogP contribution is 2.18. The normalized spacial score (nSPS) is 14.0. The van der Waals surface area contributed by atoms with E-state index in [9.17, 15) is 27.9 Å². The van der Waals surface area contributed by atoms with Crippen LogP contribution in [0.25, 0.3) is 0 Å². The molecule has 0 heterocycles. The lowest BCUT2D eigenvalue weighted by Gasteiger charge is -2.18. The summed E-state index contributed by atoms with van der Waals surface area (Å²) in [6.07, 6.45) is -4.46. The van der Waals surface area contributed by atoms with Gasteiger partial charge in [0.05, 0.1) is 6.54 Å². The Kier molecular flexibility index (Phi) is 5.37. The van der Waals surface area contributed by atoms with Gasteiger partial charge in [0.25, 0.3) is 5.91 Å². The molecule has 9 heteroatoms. The summed E-state index contributed by atoms with van der Waals surface area (Å²) in [4.78, 5) is 22.4. The molecule has 0 saturated carbocycles. The third kappa shape index (κ3) is 5.60. The molecule has 0 spiro atoms. The molecular weight excluding hydrogens is 307 g/mol. The Morgan fingerprint density at radius 1 is 1.23 bits per heavy atom. The fraction of sp³-hybridized carbons (Fsp3) is 0.385. The van der Waals surface area contributed by atoms with Crippen molar-refractivity contribution in [2.75, 3.05) is 13.2 Å². The van der Waals surface area contributed by atoms with Gasteiger partial charge in [-0.2, -0.15) is 13.2 Å². The molecule has 1 amide bonds. The first-order valence-corrected chi connectivity index (χ1v) is 6.05. The number of hydrogen-bond donors (Lipinski definition) is 3. The second-order valence-electron chi connectivity index (χ2n) is 4.69. The molecule has 22 heavy (non-hydrogen) atoms. The van der Waals surface area contributed by atoms with Crippen molar-refractivity contribution < 1.29 is 37.7 Å². The lowest BCUT2D eigenvalue weighted by molar-refractivity contribution is -0.156. The molecule has 1 aromatic carbocycles. The maximum atomic E-state index is 12.0. The van der Waals surface area contributed by atoms with E-state index in [-0.39, 0.29) is 11.3 Å². The summed E-state index contributed by atoms with van der Waals surface area (Å²) < 4.78 is 40.4. The average molecular weight is 321 g/mol. The van der Waals surface area contributed by atoms with Gasteiger partial charge in [0.15, 0.2) is 12.2 Å². The predicted molar refractivity (Wildman–Crippen MR) is 68.6 cm³/mol. The molecule has 6 nitrogen and oxygen atoms in total. The molecule has 1 rings (SSSR count). The van der Waals surface area contributed by atoms with Crippen LogP contribution in [0.2, 0.25) is 0 Å². The van der Waals surface area contributed by atoms with Gasteiger partial charge in [0.1, 0.15) is 5.75 Å². The maximum absolute atomic E-state index is 12.0. The molecule has 0 aliphatic carbocycles. The van der Waals surface area contributed by atoms with Crippen molar-refractivity contribution in [3.8, 4) is 5.75 Å². The maximum Gasteiger partial charge on any atom is 0.422 e. The number of halogens is 3. The Morgan fingerprint density at radius 3 is 2.23 bits per heavy atom. The van der Waals surface area contributed by atoms with E-state index in [2.05, 4.69) is 10.1 Å². The quantitative estimate of drug-likeness (QED) is 0.731. The van der Waals surface area contributed by atoms with E-state index in [0.717, 1.165) is 6.92 Å². The van der Waals surface area contributed by atoms with Gasteiger partial charge >= 0.3 is 12.1 Å². The third-order valence-corrected chi connectivity index (χ3v) is 2.57. The summed E-state index contributed by atoms with van der Waals surface area (Å²) in [5.74, 6) is -2.24. The van der Waals surface area contributed by atoms with E-state index < -0.39 is 36.8 Å². The van der Waals surface area contributed by atoms with Crippen LogP contribution >= 0.6 is 0 Å². The van der Waals surface area contributed by atoms with Crippen LogP contribution in [0.4, 0.5) is 13.2 Å². The molecule has 0 aromatic heterocycles. The number of amides is 1. The molecule has 0 saturated heterocycles. The monoisotopic (exact) mass is 321 g/mol. The van der Waals surface area contributed by atoms with E-state index >= 15 is 0 Å². The van der Waals surface area contributed by atoms with Crippen LogP contribution in [-0.2, 0) is 4.79 Å². The lowest BCUT2D eigenvalue weighted by atomic mass is 10.1. The highest BCUT2D eigenvalue weighted by Gasteiger charge is 2.30. The minimum absolute atomic E-state index is 0.0635. The summed E-state index contributed by atoms with van der Waals surface area (Å²) in [5, 5.41) is 20.3. The van der Waals surface area contributed by atoms with Gasteiger partial charge in [-0.3, -0.25) is 4.79 Å². The second kappa shape index (κ2) is 6.65. The molecule has 0 bridgehead atoms. The molecular formula is C13H14F3NO5. The summed E-state index contributed by atoms with van der Waals surface area (Å²) in [6, 6.07) is 4.79. The lowest BCUT2D eigenvalue weighted by Crippen LogP contribution is -2.46. The summed E-state index contributed by atoms with van der Waals surface area (Å²) >= 11 is 0. The van der Waals surface area contributed by atoms with Crippen LogP contribution in [0.1, 0.15) is 17.3 Å². The fourth-order valence-corrected chi connectivity index (χ4v) is 1.30. The Balaban J connectivity index is 2.59. The van der Waals surface area contributed by atoms with Crippen LogP contribution in [0, 0.1) is 0 Å². The Bertz CT molecular complexity index is 540. The van der Waals surface area contributed by atoms with Crippen molar-refractivity contribution in [2.45, 2.75) is 18.7 Å². The van der Waals surface area contributed by atoms with E-state index in [1.54, 1.807) is 0 Å². The van der Waals surface area contributed by atoms with Gasteiger partial charge in [-0.05, 0) is 31.2 Å². The van der Waals surface area contributed by atoms with Gasteiger partial charge in [-0.25, -0.2) is 4.79 Å². The minimum Gasteiger partial charge on any atom is -0.484 e. The van der Waals surface area contributed by atoms with Crippen LogP contribution in [0.5, 0.6) is 5.75 Å². The highest BCUT2D eigenvalue weighted by molar-refractivity contribution is 5.94. The van der Waals surface area contributed by atoms with E-state index in [1.165, 1.54) is 24.3 Å². The number of aliphatic hydroxyl groups is 1. The largest absolute Gasteiger partial charge is 0.484 e. The first-order chi connectivity index (χ1) is 10.0. The molecule has 0 aliphatic rings. The number of ether oxygens (including phenoxy) is 1. The third-order valence-electron chi connectivity index (χ3n) is 2.57. The number of nitrogens with one attached hydrogen (secondary N) is 1. The van der Waals surface area contributed by atoms with Crippen LogP contribution in [0.3, 0.4) is 0 Å². The van der Waals surface area contributed by atoms with Crippen molar-refractivity contribution in [2.24, 2.45) is 0 Å². The van der Waals surface area contributed by atoms with Crippen molar-refractivity contribution in [1.82, 2.24) is 5.32 Å². The topological polar surface area (TPSA) is 95.9 Å². The van der Waals surface area contributed by atoms with Gasteiger partial charge in [-0.1, -0.05) is 0 Å². The Morgan fingerprint density at radius 2 is 1.77 bits per heavy atom. The number of hydrogen-bond acceptors (Lipinski definition) is 4. The standard InChI is InChI=1S/C13H14F3NO5/c1-12(21,11(19)20)6-17-10(18)8-2-4-9(5-3-8)22-7-13(14,15)16/h2-5,21H,6-7H2,1H3,(H,17,18)(H,19,20). The van der Waals surface area contributed by atoms with Gasteiger partial charge in [0.2, 0.25) is 0 Å². The molecule has 122 valence electrons. The Labute approximate surface area is 123 Å². The number of carbonyl (C=O) groups is 2. The molecule has 0 aliphatic heterocycles. The molecule has 1 unspecified atom stereocenters. The minimum atomic E-state index is -4.46. The number of benzene rings is 1. The van der Waals surface area contributed by atoms with Crippen molar-refractivity contribution >= 4 is 11.9 Å². The first kappa shape index (κ1) is 17.8. The number of alkyl halides is 3. The highest BCUT2D eigenvalue weighted by atomic mass is 19.4. The molecule has 3 N–H and O–H groups in total. The molecule has 0 radical (unpaired) electrons. The number of aliphatic carboxylic acids is 1. The van der Waals surface area contributed by atoms with Crippen molar-refractivity contribution in [1.29, 1.82) is 0 Å². The SMILES string of the molecule is CC(O)(CNC(=O)c1ccc(OCC(F)(F)F)cc1)C(=O)O.